The Morgan fingerprint density at radius 3 is 2.60 bits per heavy atom. The van der Waals surface area contributed by atoms with Crippen LogP contribution in [0.1, 0.15) is 43.2 Å². The van der Waals surface area contributed by atoms with E-state index in [9.17, 15) is 4.79 Å². The molecule has 1 amide bonds. The van der Waals surface area contributed by atoms with Crippen molar-refractivity contribution in [2.75, 3.05) is 7.11 Å². The lowest BCUT2D eigenvalue weighted by Crippen LogP contribution is -2.64. The number of methoxy groups -OCH3 is 1. The molecule has 0 radical (unpaired) electrons. The number of hydrogen-bond donors (Lipinski definition) is 2. The van der Waals surface area contributed by atoms with E-state index in [-0.39, 0.29) is 23.4 Å². The third-order valence-corrected chi connectivity index (χ3v) is 5.41. The largest absolute Gasteiger partial charge is 0.497 e. The van der Waals surface area contributed by atoms with Crippen LogP contribution in [0.4, 0.5) is 0 Å². The molecule has 1 saturated carbocycles. The Morgan fingerprint density at radius 2 is 2.08 bits per heavy atom. The molecule has 1 aromatic heterocycles. The monoisotopic (exact) mass is 342 g/mol. The summed E-state index contributed by atoms with van der Waals surface area (Å²) >= 11 is 0. The summed E-state index contributed by atoms with van der Waals surface area (Å²) in [6, 6.07) is 7.86. The minimum atomic E-state index is -0.0819. The Labute approximate surface area is 148 Å². The van der Waals surface area contributed by atoms with Crippen molar-refractivity contribution in [3.63, 3.8) is 0 Å². The van der Waals surface area contributed by atoms with Gasteiger partial charge < -0.3 is 15.8 Å². The first kappa shape index (κ1) is 17.5. The summed E-state index contributed by atoms with van der Waals surface area (Å²) in [6.45, 7) is 6.21. The molecular formula is C19H26N4O2. The summed E-state index contributed by atoms with van der Waals surface area (Å²) in [6.07, 6.45) is 3.17. The van der Waals surface area contributed by atoms with Gasteiger partial charge in [0.05, 0.1) is 30.3 Å². The highest BCUT2D eigenvalue weighted by atomic mass is 16.5. The number of aromatic nitrogens is 2. The third kappa shape index (κ3) is 3.02. The predicted molar refractivity (Wildman–Crippen MR) is 97.1 cm³/mol. The smallest absolute Gasteiger partial charge is 0.255 e. The third-order valence-electron chi connectivity index (χ3n) is 5.41. The van der Waals surface area contributed by atoms with E-state index >= 15 is 0 Å². The van der Waals surface area contributed by atoms with E-state index in [1.54, 1.807) is 13.3 Å². The average Bonchev–Trinajstić information content (AvgIpc) is 3.05. The number of ether oxygens (including phenoxy) is 1. The standard InChI is InChI=1S/C19H26N4O2/c1-5-15-14(18(24)22-17-10-16(20)19(17,2)3)11-21-23(15)12-6-8-13(25-4)9-7-12/h6-9,11,16-17H,5,10,20H2,1-4H3,(H,22,24). The van der Waals surface area contributed by atoms with Gasteiger partial charge in [0.15, 0.2) is 0 Å². The van der Waals surface area contributed by atoms with E-state index in [1.165, 1.54) is 0 Å². The number of carbonyl (C=O) groups excluding carboxylic acids is 1. The van der Waals surface area contributed by atoms with Crippen molar-refractivity contribution in [2.24, 2.45) is 11.1 Å². The van der Waals surface area contributed by atoms with Gasteiger partial charge in [0.2, 0.25) is 0 Å². The van der Waals surface area contributed by atoms with Gasteiger partial charge in [-0.3, -0.25) is 4.79 Å². The average molecular weight is 342 g/mol. The molecule has 2 unspecified atom stereocenters. The lowest BCUT2D eigenvalue weighted by atomic mass is 9.63. The van der Waals surface area contributed by atoms with Gasteiger partial charge in [0.1, 0.15) is 5.75 Å². The van der Waals surface area contributed by atoms with Crippen molar-refractivity contribution >= 4 is 5.91 Å². The molecule has 3 N–H and O–H groups in total. The Bertz CT molecular complexity index is 764. The number of rotatable bonds is 5. The van der Waals surface area contributed by atoms with Crippen LogP contribution in [0.5, 0.6) is 5.75 Å². The molecule has 6 heteroatoms. The zero-order valence-corrected chi connectivity index (χ0v) is 15.2. The summed E-state index contributed by atoms with van der Waals surface area (Å²) in [4.78, 5) is 12.7. The quantitative estimate of drug-likeness (QED) is 0.873. The Balaban J connectivity index is 1.83. The fourth-order valence-electron chi connectivity index (χ4n) is 3.29. The van der Waals surface area contributed by atoms with Gasteiger partial charge in [-0.1, -0.05) is 20.8 Å². The zero-order valence-electron chi connectivity index (χ0n) is 15.2. The number of nitrogens with zero attached hydrogens (tertiary/aromatic N) is 2. The van der Waals surface area contributed by atoms with Crippen LogP contribution >= 0.6 is 0 Å². The van der Waals surface area contributed by atoms with Gasteiger partial charge in [-0.2, -0.15) is 5.10 Å². The van der Waals surface area contributed by atoms with Crippen LogP contribution in [0, 0.1) is 5.41 Å². The first-order valence-electron chi connectivity index (χ1n) is 8.66. The highest BCUT2D eigenvalue weighted by molar-refractivity contribution is 5.95. The number of hydrogen-bond acceptors (Lipinski definition) is 4. The molecule has 6 nitrogen and oxygen atoms in total. The summed E-state index contributed by atoms with van der Waals surface area (Å²) in [5.74, 6) is 0.706. The molecule has 1 aliphatic carbocycles. The molecule has 0 saturated heterocycles. The Hall–Kier alpha value is -2.34. The molecule has 0 aliphatic heterocycles. The zero-order chi connectivity index (χ0) is 18.2. The van der Waals surface area contributed by atoms with Gasteiger partial charge in [-0.05, 0) is 37.1 Å². The van der Waals surface area contributed by atoms with E-state index in [4.69, 9.17) is 10.5 Å². The first-order valence-corrected chi connectivity index (χ1v) is 8.66. The van der Waals surface area contributed by atoms with Crippen molar-refractivity contribution < 1.29 is 9.53 Å². The number of benzene rings is 1. The van der Waals surface area contributed by atoms with Crippen molar-refractivity contribution in [3.05, 3.63) is 41.7 Å². The van der Waals surface area contributed by atoms with Crippen LogP contribution in [0.25, 0.3) is 5.69 Å². The molecule has 0 bridgehead atoms. The van der Waals surface area contributed by atoms with Gasteiger partial charge in [0.25, 0.3) is 5.91 Å². The summed E-state index contributed by atoms with van der Waals surface area (Å²) in [5, 5.41) is 7.55. The Morgan fingerprint density at radius 1 is 1.40 bits per heavy atom. The first-order chi connectivity index (χ1) is 11.9. The molecule has 0 spiro atoms. The summed E-state index contributed by atoms with van der Waals surface area (Å²) in [7, 11) is 1.64. The topological polar surface area (TPSA) is 82.2 Å². The van der Waals surface area contributed by atoms with Gasteiger partial charge in [-0.25, -0.2) is 4.68 Å². The van der Waals surface area contributed by atoms with Crippen LogP contribution in [0.15, 0.2) is 30.5 Å². The fourth-order valence-corrected chi connectivity index (χ4v) is 3.29. The Kier molecular flexibility index (Phi) is 4.56. The van der Waals surface area contributed by atoms with E-state index < -0.39 is 0 Å². The predicted octanol–water partition coefficient (Wildman–Crippen LogP) is 2.30. The summed E-state index contributed by atoms with van der Waals surface area (Å²) < 4.78 is 7.00. The van der Waals surface area contributed by atoms with Crippen LogP contribution in [0.2, 0.25) is 0 Å². The maximum absolute atomic E-state index is 12.7. The number of carbonyl (C=O) groups is 1. The normalized spacial score (nSPS) is 21.5. The van der Waals surface area contributed by atoms with Gasteiger partial charge in [0, 0.05) is 17.5 Å². The van der Waals surface area contributed by atoms with Crippen molar-refractivity contribution in [2.45, 2.75) is 45.7 Å². The molecule has 1 fully saturated rings. The van der Waals surface area contributed by atoms with Crippen LogP contribution < -0.4 is 15.8 Å². The SMILES string of the molecule is CCc1c(C(=O)NC2CC(N)C2(C)C)cnn1-c1ccc(OC)cc1. The summed E-state index contributed by atoms with van der Waals surface area (Å²) in [5.41, 5.74) is 8.39. The molecule has 1 aromatic carbocycles. The molecule has 1 aliphatic rings. The van der Waals surface area contributed by atoms with E-state index in [2.05, 4.69) is 24.3 Å². The van der Waals surface area contributed by atoms with Crippen molar-refractivity contribution in [3.8, 4) is 11.4 Å². The minimum absolute atomic E-state index is 0.0754. The van der Waals surface area contributed by atoms with Gasteiger partial charge >= 0.3 is 0 Å². The maximum Gasteiger partial charge on any atom is 0.255 e. The lowest BCUT2D eigenvalue weighted by Gasteiger charge is -2.50. The number of nitrogens with one attached hydrogen (secondary N) is 1. The molecule has 3 rings (SSSR count). The highest BCUT2D eigenvalue weighted by Crippen LogP contribution is 2.39. The van der Waals surface area contributed by atoms with Crippen LogP contribution in [-0.4, -0.2) is 34.9 Å². The van der Waals surface area contributed by atoms with E-state index in [1.807, 2.05) is 35.9 Å². The van der Waals surface area contributed by atoms with Gasteiger partial charge in [-0.15, -0.1) is 0 Å². The maximum atomic E-state index is 12.7. The van der Waals surface area contributed by atoms with E-state index in [0.717, 1.165) is 23.6 Å². The van der Waals surface area contributed by atoms with Crippen LogP contribution in [0.3, 0.4) is 0 Å². The lowest BCUT2D eigenvalue weighted by molar-refractivity contribution is 0.0586. The van der Waals surface area contributed by atoms with E-state index in [0.29, 0.717) is 12.0 Å². The molecular weight excluding hydrogens is 316 g/mol. The molecule has 2 atom stereocenters. The second kappa shape index (κ2) is 6.52. The number of nitrogens with two attached hydrogens (primary N) is 1. The fraction of sp³-hybridized carbons (Fsp3) is 0.474. The highest BCUT2D eigenvalue weighted by Gasteiger charge is 2.46. The minimum Gasteiger partial charge on any atom is -0.497 e. The molecule has 1 heterocycles. The number of amides is 1. The van der Waals surface area contributed by atoms with Crippen molar-refractivity contribution in [1.82, 2.24) is 15.1 Å². The van der Waals surface area contributed by atoms with Crippen molar-refractivity contribution in [1.29, 1.82) is 0 Å². The second-order valence-corrected chi connectivity index (χ2v) is 7.16. The molecule has 25 heavy (non-hydrogen) atoms. The molecule has 134 valence electrons. The van der Waals surface area contributed by atoms with Crippen LogP contribution in [-0.2, 0) is 6.42 Å². The second-order valence-electron chi connectivity index (χ2n) is 7.16. The molecule has 2 aromatic rings.